The van der Waals surface area contributed by atoms with Crippen molar-refractivity contribution in [2.24, 2.45) is 5.73 Å². The molecule has 0 aliphatic heterocycles. The molecule has 3 rings (SSSR count). The zero-order chi connectivity index (χ0) is 29.3. The molecule has 0 aliphatic carbocycles. The molecular weight excluding hydrogens is 596 g/mol. The van der Waals surface area contributed by atoms with Gasteiger partial charge in [-0.05, 0) is 44.7 Å². The highest BCUT2D eigenvalue weighted by molar-refractivity contribution is 6.33. The maximum absolute atomic E-state index is 10.5. The van der Waals surface area contributed by atoms with Gasteiger partial charge in [-0.2, -0.15) is 0 Å². The summed E-state index contributed by atoms with van der Waals surface area (Å²) in [6, 6.07) is 8.63. The average molecular weight is 627 g/mol. The number of rotatable bonds is 6. The largest absolute Gasteiger partial charge is 0.396 e. The van der Waals surface area contributed by atoms with Gasteiger partial charge in [-0.3, -0.25) is 20.2 Å². The summed E-state index contributed by atoms with van der Waals surface area (Å²) in [6.07, 6.45) is 0. The van der Waals surface area contributed by atoms with Gasteiger partial charge in [-0.15, -0.1) is 0 Å². The fourth-order valence-corrected chi connectivity index (χ4v) is 2.88. The molecule has 216 valence electrons. The minimum Gasteiger partial charge on any atom is -0.396 e. The Balaban J connectivity index is 0. The van der Waals surface area contributed by atoms with Gasteiger partial charge in [0.05, 0.1) is 15.5 Å². The smallest absolute Gasteiger partial charge is 0.311 e. The van der Waals surface area contributed by atoms with E-state index in [4.69, 9.17) is 57.9 Å². The highest BCUT2D eigenvalue weighted by Gasteiger charge is 2.14. The van der Waals surface area contributed by atoms with E-state index in [0.29, 0.717) is 23.2 Å². The van der Waals surface area contributed by atoms with Crippen LogP contribution in [0.5, 0.6) is 0 Å². The summed E-state index contributed by atoms with van der Waals surface area (Å²) in [5, 5.41) is 27.1. The van der Waals surface area contributed by atoms with E-state index >= 15 is 0 Å². The number of nitrogen functional groups attached to an aromatic ring is 1. The molecule has 0 atom stereocenters. The molecule has 3 heterocycles. The second kappa shape index (κ2) is 20.7. The molecule has 0 saturated carbocycles. The number of hydrogen-bond acceptors (Lipinski definition) is 11. The summed E-state index contributed by atoms with van der Waals surface area (Å²) in [5.41, 5.74) is 10.8. The van der Waals surface area contributed by atoms with Crippen LogP contribution in [0.4, 0.5) is 28.7 Å². The normalized spacial score (nSPS) is 9.13. The Morgan fingerprint density at radius 2 is 1.13 bits per heavy atom. The van der Waals surface area contributed by atoms with Gasteiger partial charge in [0, 0.05) is 25.2 Å². The number of nitrogens with two attached hydrogens (primary N) is 2. The Labute approximate surface area is 246 Å². The Morgan fingerprint density at radius 3 is 1.56 bits per heavy atom. The zero-order valence-electron chi connectivity index (χ0n) is 20.6. The Morgan fingerprint density at radius 1 is 0.744 bits per heavy atom. The highest BCUT2D eigenvalue weighted by atomic mass is 35.5. The molecule has 13 nitrogen and oxygen atoms in total. The van der Waals surface area contributed by atoms with Crippen molar-refractivity contribution in [3.63, 3.8) is 0 Å². The number of nitrogens with zero attached hydrogens (tertiary/aromatic N) is 5. The molecule has 39 heavy (non-hydrogen) atoms. The first-order valence-corrected chi connectivity index (χ1v) is 12.3. The molecule has 0 amide bonds. The lowest BCUT2D eigenvalue weighted by atomic mass is 10.4. The SMILES string of the molecule is C.CCN.CCNc1nc(Cl)ccc1N.CCNc1nc(Cl)ccc1[N+](=O)[O-].O=[N+]([O-])c1ccc(Cl)nc1Cl. The first-order chi connectivity index (χ1) is 17.9. The van der Waals surface area contributed by atoms with Crippen LogP contribution in [0.1, 0.15) is 28.2 Å². The molecule has 0 spiro atoms. The second-order valence-corrected chi connectivity index (χ2v) is 8.02. The monoisotopic (exact) mass is 625 g/mol. The number of anilines is 3. The Bertz CT molecular complexity index is 1190. The van der Waals surface area contributed by atoms with Crippen LogP contribution in [0.15, 0.2) is 36.4 Å². The highest BCUT2D eigenvalue weighted by Crippen LogP contribution is 2.24. The number of nitrogens with one attached hydrogen (secondary N) is 2. The third-order valence-corrected chi connectivity index (χ3v) is 4.52. The van der Waals surface area contributed by atoms with Gasteiger partial charge >= 0.3 is 11.4 Å². The third-order valence-electron chi connectivity index (χ3n) is 3.61. The van der Waals surface area contributed by atoms with E-state index in [1.807, 2.05) is 20.8 Å². The van der Waals surface area contributed by atoms with Crippen molar-refractivity contribution in [2.45, 2.75) is 28.2 Å². The van der Waals surface area contributed by atoms with Gasteiger partial charge in [-0.25, -0.2) is 15.0 Å². The van der Waals surface area contributed by atoms with Crippen LogP contribution < -0.4 is 22.1 Å². The van der Waals surface area contributed by atoms with Crippen molar-refractivity contribution in [1.82, 2.24) is 15.0 Å². The minimum absolute atomic E-state index is 0. The van der Waals surface area contributed by atoms with E-state index in [2.05, 4.69) is 25.6 Å². The molecule has 3 aromatic heterocycles. The molecule has 0 bridgehead atoms. The summed E-state index contributed by atoms with van der Waals surface area (Å²) in [6.45, 7) is 7.81. The van der Waals surface area contributed by atoms with E-state index in [1.165, 1.54) is 24.3 Å². The molecular formula is C22H31Cl4N9O4. The van der Waals surface area contributed by atoms with Crippen LogP contribution >= 0.6 is 46.4 Å². The summed E-state index contributed by atoms with van der Waals surface area (Å²) >= 11 is 22.0. The summed E-state index contributed by atoms with van der Waals surface area (Å²) in [7, 11) is 0. The zero-order valence-corrected chi connectivity index (χ0v) is 23.6. The van der Waals surface area contributed by atoms with Crippen molar-refractivity contribution >= 4 is 75.1 Å². The molecule has 0 aliphatic rings. The molecule has 0 unspecified atom stereocenters. The van der Waals surface area contributed by atoms with Gasteiger partial charge in [0.25, 0.3) is 0 Å². The summed E-state index contributed by atoms with van der Waals surface area (Å²) in [5.74, 6) is 0.861. The lowest BCUT2D eigenvalue weighted by Gasteiger charge is -2.04. The Hall–Kier alpha value is -3.23. The van der Waals surface area contributed by atoms with Gasteiger partial charge < -0.3 is 22.1 Å². The number of nitro groups is 2. The predicted molar refractivity (Wildman–Crippen MR) is 160 cm³/mol. The number of aromatic nitrogens is 3. The van der Waals surface area contributed by atoms with Crippen LogP contribution in [0.25, 0.3) is 0 Å². The van der Waals surface area contributed by atoms with E-state index in [9.17, 15) is 20.2 Å². The molecule has 0 saturated heterocycles. The van der Waals surface area contributed by atoms with Crippen LogP contribution in [0.2, 0.25) is 20.6 Å². The lowest BCUT2D eigenvalue weighted by Crippen LogP contribution is -2.03. The van der Waals surface area contributed by atoms with Gasteiger partial charge in [0.15, 0.2) is 5.82 Å². The quantitative estimate of drug-likeness (QED) is 0.128. The molecule has 0 aromatic carbocycles. The van der Waals surface area contributed by atoms with E-state index in [0.717, 1.165) is 13.1 Å². The van der Waals surface area contributed by atoms with E-state index in [-0.39, 0.29) is 40.1 Å². The first kappa shape index (κ1) is 37.9. The van der Waals surface area contributed by atoms with Crippen molar-refractivity contribution in [1.29, 1.82) is 0 Å². The van der Waals surface area contributed by atoms with Crippen LogP contribution in [-0.2, 0) is 0 Å². The predicted octanol–water partition coefficient (Wildman–Crippen LogP) is 6.72. The number of hydrogen-bond donors (Lipinski definition) is 4. The lowest BCUT2D eigenvalue weighted by molar-refractivity contribution is -0.385. The fourth-order valence-electron chi connectivity index (χ4n) is 2.17. The van der Waals surface area contributed by atoms with Crippen molar-refractivity contribution in [2.75, 3.05) is 36.0 Å². The maximum atomic E-state index is 10.5. The molecule has 3 aromatic rings. The van der Waals surface area contributed by atoms with Crippen LogP contribution in [0, 0.1) is 20.2 Å². The topological polar surface area (TPSA) is 201 Å². The molecule has 6 N–H and O–H groups in total. The van der Waals surface area contributed by atoms with Gasteiger partial charge in [0.1, 0.15) is 15.5 Å². The summed E-state index contributed by atoms with van der Waals surface area (Å²) < 4.78 is 0. The van der Waals surface area contributed by atoms with Crippen molar-refractivity contribution in [3.05, 3.63) is 77.2 Å². The fraction of sp³-hybridized carbons (Fsp3) is 0.318. The number of halogens is 4. The minimum atomic E-state index is -0.619. The molecule has 0 fully saturated rings. The first-order valence-electron chi connectivity index (χ1n) is 10.8. The van der Waals surface area contributed by atoms with E-state index < -0.39 is 9.85 Å². The molecule has 17 heteroatoms. The molecule has 0 radical (unpaired) electrons. The van der Waals surface area contributed by atoms with Crippen LogP contribution in [-0.4, -0.2) is 44.4 Å². The van der Waals surface area contributed by atoms with Gasteiger partial charge in [0.2, 0.25) is 11.0 Å². The van der Waals surface area contributed by atoms with Crippen molar-refractivity contribution < 1.29 is 9.85 Å². The average Bonchev–Trinajstić information content (AvgIpc) is 2.83. The van der Waals surface area contributed by atoms with E-state index in [1.54, 1.807) is 12.1 Å². The summed E-state index contributed by atoms with van der Waals surface area (Å²) in [4.78, 5) is 30.8. The van der Waals surface area contributed by atoms with Crippen LogP contribution in [0.3, 0.4) is 0 Å². The Kier molecular flexibility index (Phi) is 20.1. The second-order valence-electron chi connectivity index (χ2n) is 6.50. The van der Waals surface area contributed by atoms with Gasteiger partial charge in [-0.1, -0.05) is 60.8 Å². The maximum Gasteiger partial charge on any atom is 0.311 e. The number of pyridine rings is 3. The van der Waals surface area contributed by atoms with Crippen molar-refractivity contribution in [3.8, 4) is 0 Å². The third kappa shape index (κ3) is 15.1. The standard InChI is InChI=1S/C7H8ClN3O2.C7H10ClN3.C5H2Cl2N2O2.C2H7N.CH4/c1-2-9-7-5(11(12)13)3-4-6(8)10-7;1-2-10-7-5(9)3-4-6(8)11-7;6-4-2-1-3(9(10)11)5(7)8-4;1-2-3;/h3-4H,2H2,1H3,(H,9,10);3-4H,2,9H2,1H3,(H,10,11);1-2H;2-3H2,1H3;1H4.